The van der Waals surface area contributed by atoms with E-state index in [4.69, 9.17) is 9.47 Å². The smallest absolute Gasteiger partial charge is 0.231 e. The Morgan fingerprint density at radius 2 is 1.85 bits per heavy atom. The molecule has 2 aromatic carbocycles. The molecule has 0 aliphatic carbocycles. The topological polar surface area (TPSA) is 54.8 Å². The van der Waals surface area contributed by atoms with Crippen molar-refractivity contribution in [3.8, 4) is 22.8 Å². The quantitative estimate of drug-likeness (QED) is 0.578. The maximum Gasteiger partial charge on any atom is 0.231 e. The zero-order chi connectivity index (χ0) is 22.8. The van der Waals surface area contributed by atoms with E-state index in [1.54, 1.807) is 0 Å². The van der Waals surface area contributed by atoms with Gasteiger partial charge < -0.3 is 24.6 Å². The summed E-state index contributed by atoms with van der Waals surface area (Å²) in [5, 5.41) is 7.98. The molecule has 33 heavy (non-hydrogen) atoms. The third-order valence-corrected chi connectivity index (χ3v) is 6.75. The average Bonchev–Trinajstić information content (AvgIpc) is 3.52. The second-order valence-corrected chi connectivity index (χ2v) is 8.99. The standard InChI is InChI=1S/C26H33N5O2/c1-4-31-24(9-12-28-31)23-15-19(16-25-26(23)33-18-32-25)17-27-20-5-7-22(8-6-20)30-13-10-21(11-14-30)29(2)3/h5-9,12,15-16,21,27H,4,10-11,13-14,17-18H2,1-3H3. The van der Waals surface area contributed by atoms with E-state index >= 15 is 0 Å². The number of nitrogens with one attached hydrogen (secondary N) is 1. The van der Waals surface area contributed by atoms with Crippen LogP contribution in [0.2, 0.25) is 0 Å². The third-order valence-electron chi connectivity index (χ3n) is 6.75. The lowest BCUT2D eigenvalue weighted by atomic mass is 10.0. The molecule has 2 aliphatic rings. The molecule has 0 radical (unpaired) electrons. The fraction of sp³-hybridized carbons (Fsp3) is 0.423. The summed E-state index contributed by atoms with van der Waals surface area (Å²) in [7, 11) is 4.37. The second kappa shape index (κ2) is 9.35. The molecule has 0 bridgehead atoms. The monoisotopic (exact) mass is 447 g/mol. The molecule has 7 heteroatoms. The number of aromatic nitrogens is 2. The van der Waals surface area contributed by atoms with Gasteiger partial charge in [0.05, 0.1) is 5.69 Å². The van der Waals surface area contributed by atoms with Gasteiger partial charge in [-0.25, -0.2) is 0 Å². The van der Waals surface area contributed by atoms with Crippen molar-refractivity contribution in [3.63, 3.8) is 0 Å². The minimum atomic E-state index is 0.257. The molecule has 0 unspecified atom stereocenters. The minimum Gasteiger partial charge on any atom is -0.454 e. The molecule has 1 aromatic heterocycles. The van der Waals surface area contributed by atoms with E-state index in [9.17, 15) is 0 Å². The van der Waals surface area contributed by atoms with Gasteiger partial charge in [-0.3, -0.25) is 4.68 Å². The summed E-state index contributed by atoms with van der Waals surface area (Å²) >= 11 is 0. The maximum atomic E-state index is 5.77. The summed E-state index contributed by atoms with van der Waals surface area (Å²) in [5.41, 5.74) is 5.63. The molecule has 1 fully saturated rings. The fourth-order valence-electron chi connectivity index (χ4n) is 4.81. The molecule has 0 atom stereocenters. The molecule has 7 nitrogen and oxygen atoms in total. The van der Waals surface area contributed by atoms with Gasteiger partial charge in [0.2, 0.25) is 6.79 Å². The number of anilines is 2. The van der Waals surface area contributed by atoms with Crippen LogP contribution in [0, 0.1) is 0 Å². The van der Waals surface area contributed by atoms with Crippen LogP contribution in [0.3, 0.4) is 0 Å². The summed E-state index contributed by atoms with van der Waals surface area (Å²) in [6.07, 6.45) is 4.27. The molecule has 1 N–H and O–H groups in total. The number of ether oxygens (including phenoxy) is 2. The lowest BCUT2D eigenvalue weighted by Crippen LogP contribution is -2.41. The first-order valence-corrected chi connectivity index (χ1v) is 11.8. The molecule has 0 spiro atoms. The Morgan fingerprint density at radius 3 is 2.58 bits per heavy atom. The first-order valence-electron chi connectivity index (χ1n) is 11.8. The molecule has 174 valence electrons. The zero-order valence-electron chi connectivity index (χ0n) is 19.8. The van der Waals surface area contributed by atoms with Crippen LogP contribution < -0.4 is 19.7 Å². The van der Waals surface area contributed by atoms with E-state index in [0.29, 0.717) is 12.6 Å². The van der Waals surface area contributed by atoms with E-state index < -0.39 is 0 Å². The largest absolute Gasteiger partial charge is 0.454 e. The minimum absolute atomic E-state index is 0.257. The van der Waals surface area contributed by atoms with Gasteiger partial charge in [0.15, 0.2) is 11.5 Å². The van der Waals surface area contributed by atoms with Crippen LogP contribution in [0.1, 0.15) is 25.3 Å². The van der Waals surface area contributed by atoms with Crippen LogP contribution >= 0.6 is 0 Å². The molecule has 0 amide bonds. The summed E-state index contributed by atoms with van der Waals surface area (Å²) < 4.78 is 13.5. The van der Waals surface area contributed by atoms with Gasteiger partial charge in [-0.05, 0) is 81.9 Å². The Bertz CT molecular complexity index is 1080. The highest BCUT2D eigenvalue weighted by molar-refractivity contribution is 5.73. The molecule has 1 saturated heterocycles. The number of aryl methyl sites for hydroxylation is 1. The highest BCUT2D eigenvalue weighted by Crippen LogP contribution is 2.42. The highest BCUT2D eigenvalue weighted by atomic mass is 16.7. The van der Waals surface area contributed by atoms with Crippen LogP contribution in [0.25, 0.3) is 11.3 Å². The van der Waals surface area contributed by atoms with Crippen LogP contribution in [-0.2, 0) is 13.1 Å². The van der Waals surface area contributed by atoms with Gasteiger partial charge in [-0.1, -0.05) is 0 Å². The van der Waals surface area contributed by atoms with E-state index in [2.05, 4.69) is 77.6 Å². The van der Waals surface area contributed by atoms with Gasteiger partial charge in [-0.2, -0.15) is 5.10 Å². The Labute approximate surface area is 195 Å². The van der Waals surface area contributed by atoms with Gasteiger partial charge in [0.1, 0.15) is 0 Å². The van der Waals surface area contributed by atoms with Crippen molar-refractivity contribution < 1.29 is 9.47 Å². The lowest BCUT2D eigenvalue weighted by Gasteiger charge is -2.36. The average molecular weight is 448 g/mol. The van der Waals surface area contributed by atoms with Gasteiger partial charge in [0, 0.05) is 55.4 Å². The number of hydrogen-bond acceptors (Lipinski definition) is 6. The van der Waals surface area contributed by atoms with E-state index in [1.807, 2.05) is 16.9 Å². The number of rotatable bonds is 7. The maximum absolute atomic E-state index is 5.77. The number of hydrogen-bond donors (Lipinski definition) is 1. The molecule has 5 rings (SSSR count). The lowest BCUT2D eigenvalue weighted by molar-refractivity contribution is 0.174. The summed E-state index contributed by atoms with van der Waals surface area (Å²) in [5.74, 6) is 1.60. The molecule has 0 saturated carbocycles. The molecular weight excluding hydrogens is 414 g/mol. The second-order valence-electron chi connectivity index (χ2n) is 8.99. The van der Waals surface area contributed by atoms with Crippen molar-refractivity contribution in [1.29, 1.82) is 0 Å². The predicted octanol–water partition coefficient (Wildman–Crippen LogP) is 4.44. The normalized spacial score (nSPS) is 15.9. The van der Waals surface area contributed by atoms with Crippen molar-refractivity contribution in [2.75, 3.05) is 44.2 Å². The summed E-state index contributed by atoms with van der Waals surface area (Å²) in [4.78, 5) is 4.84. The van der Waals surface area contributed by atoms with Gasteiger partial charge in [-0.15, -0.1) is 0 Å². The zero-order valence-corrected chi connectivity index (χ0v) is 19.8. The van der Waals surface area contributed by atoms with Crippen LogP contribution in [0.5, 0.6) is 11.5 Å². The van der Waals surface area contributed by atoms with E-state index in [-0.39, 0.29) is 6.79 Å². The fourth-order valence-corrected chi connectivity index (χ4v) is 4.81. The van der Waals surface area contributed by atoms with Crippen molar-refractivity contribution in [3.05, 3.63) is 54.2 Å². The molecule has 2 aliphatic heterocycles. The van der Waals surface area contributed by atoms with E-state index in [0.717, 1.165) is 53.6 Å². The Morgan fingerprint density at radius 1 is 1.06 bits per heavy atom. The summed E-state index contributed by atoms with van der Waals surface area (Å²) in [6, 6.07) is 15.8. The number of piperidine rings is 1. The molecule has 3 heterocycles. The number of fused-ring (bicyclic) bond motifs is 1. The molecular formula is C26H33N5O2. The van der Waals surface area contributed by atoms with Gasteiger partial charge >= 0.3 is 0 Å². The van der Waals surface area contributed by atoms with Gasteiger partial charge in [0.25, 0.3) is 0 Å². The highest BCUT2D eigenvalue weighted by Gasteiger charge is 2.23. The van der Waals surface area contributed by atoms with Crippen LogP contribution in [0.15, 0.2) is 48.7 Å². The first-order chi connectivity index (χ1) is 16.1. The first kappa shape index (κ1) is 21.6. The van der Waals surface area contributed by atoms with E-state index in [1.165, 1.54) is 18.5 Å². The number of benzene rings is 2. The van der Waals surface area contributed by atoms with Crippen LogP contribution in [-0.4, -0.2) is 54.7 Å². The number of nitrogens with zero attached hydrogens (tertiary/aromatic N) is 4. The van der Waals surface area contributed by atoms with Crippen LogP contribution in [0.4, 0.5) is 11.4 Å². The third kappa shape index (κ3) is 4.50. The Hall–Kier alpha value is -3.19. The SMILES string of the molecule is CCn1nccc1-c1cc(CNc2ccc(N3CCC(N(C)C)CC3)cc2)cc2c1OCO2. The Kier molecular flexibility index (Phi) is 6.13. The Balaban J connectivity index is 1.27. The predicted molar refractivity (Wildman–Crippen MR) is 132 cm³/mol. The van der Waals surface area contributed by atoms with Crippen molar-refractivity contribution in [2.24, 2.45) is 0 Å². The van der Waals surface area contributed by atoms with Crippen molar-refractivity contribution >= 4 is 11.4 Å². The summed E-state index contributed by atoms with van der Waals surface area (Å²) in [6.45, 7) is 6.09. The van der Waals surface area contributed by atoms with Crippen molar-refractivity contribution in [2.45, 2.75) is 38.9 Å². The van der Waals surface area contributed by atoms with Crippen molar-refractivity contribution in [1.82, 2.24) is 14.7 Å². The molecule has 3 aromatic rings.